The molecule has 96 valence electrons. The van der Waals surface area contributed by atoms with Crippen LogP contribution in [0.5, 0.6) is 0 Å². The Morgan fingerprint density at radius 3 is 2.88 bits per heavy atom. The number of rotatable bonds is 3. The summed E-state index contributed by atoms with van der Waals surface area (Å²) in [5.74, 6) is 1.02. The zero-order valence-electron chi connectivity index (χ0n) is 10.8. The first-order valence-corrected chi connectivity index (χ1v) is 6.24. The van der Waals surface area contributed by atoms with Crippen LogP contribution in [0.3, 0.4) is 0 Å². The van der Waals surface area contributed by atoms with Gasteiger partial charge in [0.05, 0.1) is 12.7 Å². The first kappa shape index (κ1) is 12.4. The van der Waals surface area contributed by atoms with Crippen molar-refractivity contribution in [1.29, 1.82) is 0 Å². The van der Waals surface area contributed by atoms with E-state index < -0.39 is 0 Å². The summed E-state index contributed by atoms with van der Waals surface area (Å²) in [6.45, 7) is 8.73. The minimum atomic E-state index is 0.0558. The van der Waals surface area contributed by atoms with Gasteiger partial charge < -0.3 is 19.9 Å². The van der Waals surface area contributed by atoms with Gasteiger partial charge in [0.15, 0.2) is 0 Å². The molecule has 2 atom stereocenters. The number of ether oxygens (including phenoxy) is 1. The van der Waals surface area contributed by atoms with Gasteiger partial charge in [-0.2, -0.15) is 0 Å². The highest BCUT2D eigenvalue weighted by molar-refractivity contribution is 5.32. The Kier molecular flexibility index (Phi) is 3.69. The van der Waals surface area contributed by atoms with Crippen molar-refractivity contribution in [2.45, 2.75) is 39.0 Å². The maximum Gasteiger partial charge on any atom is 0.205 e. The van der Waals surface area contributed by atoms with Crippen molar-refractivity contribution in [2.75, 3.05) is 24.6 Å². The molecule has 1 aliphatic heterocycles. The first-order valence-electron chi connectivity index (χ1n) is 6.24. The van der Waals surface area contributed by atoms with Crippen molar-refractivity contribution in [3.8, 4) is 0 Å². The molecule has 0 bridgehead atoms. The highest BCUT2D eigenvalue weighted by Gasteiger charge is 2.26. The van der Waals surface area contributed by atoms with E-state index in [1.165, 1.54) is 0 Å². The van der Waals surface area contributed by atoms with E-state index in [0.717, 1.165) is 25.6 Å². The van der Waals surface area contributed by atoms with Crippen LogP contribution in [-0.4, -0.2) is 41.4 Å². The van der Waals surface area contributed by atoms with Crippen molar-refractivity contribution in [3.63, 3.8) is 0 Å². The molecule has 1 aromatic rings. The fourth-order valence-corrected chi connectivity index (χ4v) is 2.13. The largest absolute Gasteiger partial charge is 0.373 e. The van der Waals surface area contributed by atoms with Gasteiger partial charge in [0.25, 0.3) is 0 Å². The molecule has 1 saturated heterocycles. The lowest BCUT2D eigenvalue weighted by Crippen LogP contribution is -2.50. The van der Waals surface area contributed by atoms with Gasteiger partial charge in [-0.15, -0.1) is 0 Å². The van der Waals surface area contributed by atoms with Crippen LogP contribution in [-0.2, 0) is 4.74 Å². The van der Waals surface area contributed by atoms with Gasteiger partial charge in [-0.25, -0.2) is 4.98 Å². The molecule has 2 N–H and O–H groups in total. The van der Waals surface area contributed by atoms with Crippen molar-refractivity contribution in [2.24, 2.45) is 5.73 Å². The minimum absolute atomic E-state index is 0.0558. The fourth-order valence-electron chi connectivity index (χ4n) is 2.13. The summed E-state index contributed by atoms with van der Waals surface area (Å²) in [7, 11) is 0. The van der Waals surface area contributed by atoms with Crippen LogP contribution in [0.2, 0.25) is 0 Å². The molecule has 1 fully saturated rings. The quantitative estimate of drug-likeness (QED) is 0.854. The highest BCUT2D eigenvalue weighted by Crippen LogP contribution is 2.20. The van der Waals surface area contributed by atoms with E-state index in [9.17, 15) is 0 Å². The molecule has 2 heterocycles. The minimum Gasteiger partial charge on any atom is -0.373 e. The monoisotopic (exact) mass is 238 g/mol. The number of aromatic nitrogens is 2. The van der Waals surface area contributed by atoms with Crippen LogP contribution in [0, 0.1) is 0 Å². The average molecular weight is 238 g/mol. The standard InChI is InChI=1S/C12H22N4O/c1-9(2)16-5-4-14-12(16)15-6-7-17-11(8-15)10(3)13/h4-5,9-11H,6-8,13H2,1-3H3. The van der Waals surface area contributed by atoms with Crippen LogP contribution in [0.4, 0.5) is 5.95 Å². The fraction of sp³-hybridized carbons (Fsp3) is 0.750. The van der Waals surface area contributed by atoms with E-state index in [0.29, 0.717) is 6.04 Å². The van der Waals surface area contributed by atoms with Crippen molar-refractivity contribution in [3.05, 3.63) is 12.4 Å². The lowest BCUT2D eigenvalue weighted by atomic mass is 10.1. The number of morpholine rings is 1. The van der Waals surface area contributed by atoms with Gasteiger partial charge in [-0.3, -0.25) is 0 Å². The Bertz CT molecular complexity index is 361. The summed E-state index contributed by atoms with van der Waals surface area (Å²) in [4.78, 5) is 6.71. The predicted molar refractivity (Wildman–Crippen MR) is 68.2 cm³/mol. The summed E-state index contributed by atoms with van der Waals surface area (Å²) in [6.07, 6.45) is 3.98. The maximum atomic E-state index is 5.90. The molecule has 1 aliphatic rings. The smallest absolute Gasteiger partial charge is 0.205 e. The third-order valence-electron chi connectivity index (χ3n) is 3.17. The maximum absolute atomic E-state index is 5.90. The van der Waals surface area contributed by atoms with Crippen LogP contribution in [0.1, 0.15) is 26.8 Å². The SMILES string of the molecule is CC(N)C1CN(c2nccn2C(C)C)CCO1. The summed E-state index contributed by atoms with van der Waals surface area (Å²) in [5.41, 5.74) is 5.90. The Hall–Kier alpha value is -1.07. The number of imidazole rings is 1. The van der Waals surface area contributed by atoms with Crippen LogP contribution in [0.15, 0.2) is 12.4 Å². The van der Waals surface area contributed by atoms with Gasteiger partial charge in [0.1, 0.15) is 0 Å². The number of hydrogen-bond acceptors (Lipinski definition) is 4. The molecule has 0 aliphatic carbocycles. The van der Waals surface area contributed by atoms with E-state index in [1.54, 1.807) is 0 Å². The van der Waals surface area contributed by atoms with Crippen molar-refractivity contribution in [1.82, 2.24) is 9.55 Å². The summed E-state index contributed by atoms with van der Waals surface area (Å²) >= 11 is 0. The Morgan fingerprint density at radius 2 is 2.24 bits per heavy atom. The predicted octanol–water partition coefficient (Wildman–Crippen LogP) is 1.02. The third-order valence-corrected chi connectivity index (χ3v) is 3.17. The molecule has 17 heavy (non-hydrogen) atoms. The van der Waals surface area contributed by atoms with Gasteiger partial charge in [0, 0.05) is 37.6 Å². The summed E-state index contributed by atoms with van der Waals surface area (Å²) < 4.78 is 7.85. The van der Waals surface area contributed by atoms with E-state index in [-0.39, 0.29) is 12.1 Å². The van der Waals surface area contributed by atoms with Crippen LogP contribution < -0.4 is 10.6 Å². The second kappa shape index (κ2) is 5.06. The number of hydrogen-bond donors (Lipinski definition) is 1. The molecule has 0 spiro atoms. The van der Waals surface area contributed by atoms with Gasteiger partial charge >= 0.3 is 0 Å². The molecule has 5 nitrogen and oxygen atoms in total. The topological polar surface area (TPSA) is 56.3 Å². The third kappa shape index (κ3) is 2.61. The molecule has 0 amide bonds. The summed E-state index contributed by atoms with van der Waals surface area (Å²) in [6, 6.07) is 0.476. The Morgan fingerprint density at radius 1 is 1.47 bits per heavy atom. The van der Waals surface area contributed by atoms with E-state index in [4.69, 9.17) is 10.5 Å². The lowest BCUT2D eigenvalue weighted by Gasteiger charge is -2.35. The van der Waals surface area contributed by atoms with Gasteiger partial charge in [-0.1, -0.05) is 0 Å². The van der Waals surface area contributed by atoms with Crippen LogP contribution >= 0.6 is 0 Å². The van der Waals surface area contributed by atoms with Gasteiger partial charge in [-0.05, 0) is 20.8 Å². The zero-order chi connectivity index (χ0) is 12.4. The van der Waals surface area contributed by atoms with Gasteiger partial charge in [0.2, 0.25) is 5.95 Å². The highest BCUT2D eigenvalue weighted by atomic mass is 16.5. The second-order valence-corrected chi connectivity index (χ2v) is 4.94. The van der Waals surface area contributed by atoms with E-state index in [1.807, 2.05) is 19.3 Å². The Balaban J connectivity index is 2.13. The van der Waals surface area contributed by atoms with E-state index >= 15 is 0 Å². The average Bonchev–Trinajstić information content (AvgIpc) is 2.78. The normalized spacial score (nSPS) is 23.1. The summed E-state index contributed by atoms with van der Waals surface area (Å²) in [5, 5.41) is 0. The van der Waals surface area contributed by atoms with Crippen molar-refractivity contribution < 1.29 is 4.74 Å². The van der Waals surface area contributed by atoms with Crippen LogP contribution in [0.25, 0.3) is 0 Å². The number of nitrogens with zero attached hydrogens (tertiary/aromatic N) is 3. The molecule has 1 aromatic heterocycles. The first-order chi connectivity index (χ1) is 8.09. The molecule has 0 saturated carbocycles. The van der Waals surface area contributed by atoms with E-state index in [2.05, 4.69) is 28.3 Å². The zero-order valence-corrected chi connectivity index (χ0v) is 10.8. The number of anilines is 1. The number of nitrogens with two attached hydrogens (primary N) is 1. The molecular formula is C12H22N4O. The lowest BCUT2D eigenvalue weighted by molar-refractivity contribution is 0.0268. The molecule has 0 aromatic carbocycles. The molecule has 5 heteroatoms. The Labute approximate surface area is 103 Å². The molecule has 2 unspecified atom stereocenters. The molecule has 2 rings (SSSR count). The second-order valence-electron chi connectivity index (χ2n) is 4.94. The van der Waals surface area contributed by atoms with Crippen molar-refractivity contribution >= 4 is 5.95 Å². The molecular weight excluding hydrogens is 216 g/mol. The molecule has 0 radical (unpaired) electrons.